The summed E-state index contributed by atoms with van der Waals surface area (Å²) in [5.74, 6) is -0.855. The Morgan fingerprint density at radius 2 is 2.30 bits per heavy atom. The van der Waals surface area contributed by atoms with Gasteiger partial charge in [0.15, 0.2) is 16.7 Å². The minimum Gasteiger partial charge on any atom is -0.494 e. The summed E-state index contributed by atoms with van der Waals surface area (Å²) in [4.78, 5) is 17.7. The first-order valence-electron chi connectivity index (χ1n) is 6.96. The van der Waals surface area contributed by atoms with Crippen LogP contribution in [0.5, 0.6) is 5.75 Å². The number of thiazole rings is 1. The van der Waals surface area contributed by atoms with Gasteiger partial charge in [0.1, 0.15) is 0 Å². The van der Waals surface area contributed by atoms with Crippen molar-refractivity contribution in [3.8, 4) is 5.75 Å². The van der Waals surface area contributed by atoms with Gasteiger partial charge in [-0.2, -0.15) is 0 Å². The fraction of sp³-hybridized carbons (Fsp3) is 0.333. The van der Waals surface area contributed by atoms with Crippen molar-refractivity contribution >= 4 is 34.8 Å². The van der Waals surface area contributed by atoms with Gasteiger partial charge in [-0.3, -0.25) is 10.1 Å². The molecule has 1 aliphatic rings. The van der Waals surface area contributed by atoms with Crippen molar-refractivity contribution in [3.63, 3.8) is 0 Å². The maximum absolute atomic E-state index is 13.6. The van der Waals surface area contributed by atoms with Crippen LogP contribution >= 0.6 is 23.7 Å². The average Bonchev–Trinajstić information content (AvgIpc) is 2.88. The van der Waals surface area contributed by atoms with E-state index in [0.717, 1.165) is 35.9 Å². The molecule has 0 aliphatic heterocycles. The lowest BCUT2D eigenvalue weighted by Gasteiger charge is -2.15. The van der Waals surface area contributed by atoms with E-state index < -0.39 is 11.7 Å². The molecule has 124 valence electrons. The number of nitrogens with one attached hydrogen (secondary N) is 1. The highest BCUT2D eigenvalue weighted by Gasteiger charge is 2.21. The van der Waals surface area contributed by atoms with E-state index in [4.69, 9.17) is 10.5 Å². The van der Waals surface area contributed by atoms with Gasteiger partial charge in [0.05, 0.1) is 12.8 Å². The van der Waals surface area contributed by atoms with Crippen LogP contribution in [0.2, 0.25) is 0 Å². The van der Waals surface area contributed by atoms with E-state index >= 15 is 0 Å². The first kappa shape index (κ1) is 17.7. The number of carbonyl (C=O) groups is 1. The number of aryl methyl sites for hydroxylation is 1. The summed E-state index contributed by atoms with van der Waals surface area (Å²) in [7, 11) is 1.38. The average molecular weight is 358 g/mol. The van der Waals surface area contributed by atoms with Crippen molar-refractivity contribution < 1.29 is 13.9 Å². The van der Waals surface area contributed by atoms with Gasteiger partial charge in [-0.15, -0.1) is 23.7 Å². The number of benzene rings is 1. The van der Waals surface area contributed by atoms with Gasteiger partial charge in [0.25, 0.3) is 5.91 Å². The summed E-state index contributed by atoms with van der Waals surface area (Å²) in [5.41, 5.74) is 7.16. The first-order valence-corrected chi connectivity index (χ1v) is 7.77. The molecule has 0 radical (unpaired) electrons. The van der Waals surface area contributed by atoms with Crippen LogP contribution in [0, 0.1) is 5.82 Å². The van der Waals surface area contributed by atoms with Crippen molar-refractivity contribution in [2.45, 2.75) is 25.3 Å². The highest BCUT2D eigenvalue weighted by molar-refractivity contribution is 7.15. The molecule has 0 spiro atoms. The van der Waals surface area contributed by atoms with Gasteiger partial charge in [-0.1, -0.05) is 0 Å². The monoisotopic (exact) mass is 357 g/mol. The first-order chi connectivity index (χ1) is 10.6. The normalized spacial score (nSPS) is 16.2. The molecule has 1 heterocycles. The number of hydrogen-bond donors (Lipinski definition) is 2. The number of aromatic nitrogens is 1. The number of nitrogens with two attached hydrogens (primary N) is 1. The molecule has 1 aromatic carbocycles. The van der Waals surface area contributed by atoms with E-state index in [0.29, 0.717) is 5.13 Å². The smallest absolute Gasteiger partial charge is 0.257 e. The highest BCUT2D eigenvalue weighted by atomic mass is 35.5. The number of halogens is 2. The Kier molecular flexibility index (Phi) is 5.56. The molecule has 8 heteroatoms. The molecule has 5 nitrogen and oxygen atoms in total. The molecule has 3 N–H and O–H groups in total. The summed E-state index contributed by atoms with van der Waals surface area (Å²) in [5, 5.41) is 3.24. The second kappa shape index (κ2) is 7.25. The molecule has 23 heavy (non-hydrogen) atoms. The molecule has 0 unspecified atom stereocenters. The van der Waals surface area contributed by atoms with E-state index in [1.54, 1.807) is 0 Å². The maximum atomic E-state index is 13.6. The number of carbonyl (C=O) groups excluding carboxylic acids is 1. The zero-order valence-electron chi connectivity index (χ0n) is 12.5. The Balaban J connectivity index is 0.00000192. The quantitative estimate of drug-likeness (QED) is 0.885. The number of rotatable bonds is 3. The summed E-state index contributed by atoms with van der Waals surface area (Å²) in [6.07, 6.45) is 2.54. The molecule has 1 aromatic heterocycles. The van der Waals surface area contributed by atoms with Crippen molar-refractivity contribution in [1.82, 2.24) is 4.98 Å². The molecule has 0 saturated carbocycles. The fourth-order valence-electron chi connectivity index (χ4n) is 2.43. The Hall–Kier alpha value is -1.70. The van der Waals surface area contributed by atoms with Crippen LogP contribution in [0.1, 0.15) is 27.3 Å². The number of fused-ring (bicyclic) bond motifs is 1. The molecule has 1 amide bonds. The minimum atomic E-state index is -0.570. The van der Waals surface area contributed by atoms with Crippen LogP contribution < -0.4 is 15.8 Å². The third kappa shape index (κ3) is 3.80. The molecular weight excluding hydrogens is 341 g/mol. The molecular formula is C15H17ClFN3O2S. The molecule has 1 atom stereocenters. The molecule has 0 fully saturated rings. The SMILES string of the molecule is COc1ccc(C(=O)Nc2nc3c(s2)C[C@@H](N)CC3)cc1F.Cl. The fourth-order valence-corrected chi connectivity index (χ4v) is 3.53. The third-order valence-corrected chi connectivity index (χ3v) is 4.65. The number of nitrogens with zero attached hydrogens (tertiary/aromatic N) is 1. The van der Waals surface area contributed by atoms with Gasteiger partial charge < -0.3 is 10.5 Å². The van der Waals surface area contributed by atoms with E-state index in [9.17, 15) is 9.18 Å². The zero-order chi connectivity index (χ0) is 15.7. The van der Waals surface area contributed by atoms with E-state index in [1.165, 1.54) is 30.6 Å². The number of hydrogen-bond acceptors (Lipinski definition) is 5. The van der Waals surface area contributed by atoms with Crippen LogP contribution in [0.25, 0.3) is 0 Å². The van der Waals surface area contributed by atoms with E-state index in [1.807, 2.05) is 0 Å². The Morgan fingerprint density at radius 3 is 3.00 bits per heavy atom. The second-order valence-corrected chi connectivity index (χ2v) is 6.28. The Morgan fingerprint density at radius 1 is 1.52 bits per heavy atom. The number of ether oxygens (including phenoxy) is 1. The maximum Gasteiger partial charge on any atom is 0.257 e. The lowest BCUT2D eigenvalue weighted by Crippen LogP contribution is -2.27. The summed E-state index contributed by atoms with van der Waals surface area (Å²) in [6.45, 7) is 0. The Bertz CT molecular complexity index is 723. The summed E-state index contributed by atoms with van der Waals surface area (Å²) in [6, 6.07) is 4.25. The predicted molar refractivity (Wildman–Crippen MR) is 90.3 cm³/mol. The van der Waals surface area contributed by atoms with Gasteiger partial charge in [0, 0.05) is 16.5 Å². The van der Waals surface area contributed by atoms with Crippen molar-refractivity contribution in [2.75, 3.05) is 12.4 Å². The molecule has 3 rings (SSSR count). The van der Waals surface area contributed by atoms with E-state index in [2.05, 4.69) is 10.3 Å². The van der Waals surface area contributed by atoms with Crippen LogP contribution in [-0.2, 0) is 12.8 Å². The summed E-state index contributed by atoms with van der Waals surface area (Å²) < 4.78 is 18.5. The number of anilines is 1. The predicted octanol–water partition coefficient (Wildman–Crippen LogP) is 2.78. The van der Waals surface area contributed by atoms with E-state index in [-0.39, 0.29) is 29.8 Å². The topological polar surface area (TPSA) is 77.2 Å². The van der Waals surface area contributed by atoms with Crippen molar-refractivity contribution in [3.05, 3.63) is 40.2 Å². The van der Waals surface area contributed by atoms with Crippen molar-refractivity contribution in [1.29, 1.82) is 0 Å². The van der Waals surface area contributed by atoms with Crippen LogP contribution in [0.4, 0.5) is 9.52 Å². The van der Waals surface area contributed by atoms with Gasteiger partial charge >= 0.3 is 0 Å². The van der Waals surface area contributed by atoms with Crippen LogP contribution in [0.15, 0.2) is 18.2 Å². The minimum absolute atomic E-state index is 0. The zero-order valence-corrected chi connectivity index (χ0v) is 14.1. The molecule has 0 saturated heterocycles. The highest BCUT2D eigenvalue weighted by Crippen LogP contribution is 2.29. The van der Waals surface area contributed by atoms with Crippen LogP contribution in [-0.4, -0.2) is 24.0 Å². The van der Waals surface area contributed by atoms with Gasteiger partial charge in [-0.05, 0) is 37.5 Å². The molecule has 2 aromatic rings. The second-order valence-electron chi connectivity index (χ2n) is 5.20. The Labute approximate surface area is 143 Å². The summed E-state index contributed by atoms with van der Waals surface area (Å²) >= 11 is 1.43. The number of methoxy groups -OCH3 is 1. The molecule has 1 aliphatic carbocycles. The largest absolute Gasteiger partial charge is 0.494 e. The lowest BCUT2D eigenvalue weighted by atomic mass is 9.99. The standard InChI is InChI=1S/C15H16FN3O2S.ClH/c1-21-12-5-2-8(6-10(12)16)14(20)19-15-18-11-4-3-9(17)7-13(11)22-15;/h2,5-6,9H,3-4,7,17H2,1H3,(H,18,19,20);1H/t9-;/m0./s1. The lowest BCUT2D eigenvalue weighted by molar-refractivity contribution is 0.102. The van der Waals surface area contributed by atoms with Crippen LogP contribution in [0.3, 0.4) is 0 Å². The van der Waals surface area contributed by atoms with Crippen molar-refractivity contribution in [2.24, 2.45) is 5.73 Å². The number of amides is 1. The van der Waals surface area contributed by atoms with Gasteiger partial charge in [-0.25, -0.2) is 9.37 Å². The van der Waals surface area contributed by atoms with Gasteiger partial charge in [0.2, 0.25) is 0 Å². The third-order valence-electron chi connectivity index (χ3n) is 3.61. The molecule has 0 bridgehead atoms.